The minimum Gasteiger partial charge on any atom is -0.353 e. The molecule has 0 aliphatic carbocycles. The molecule has 0 amide bonds. The predicted octanol–water partition coefficient (Wildman–Crippen LogP) is 5.23. The number of fused-ring (bicyclic) bond motifs is 5. The van der Waals surface area contributed by atoms with Gasteiger partial charge in [-0.3, -0.25) is 0 Å². The highest BCUT2D eigenvalue weighted by molar-refractivity contribution is 7.71. The van der Waals surface area contributed by atoms with E-state index >= 15 is 0 Å². The van der Waals surface area contributed by atoms with Crippen LogP contribution in [0.3, 0.4) is 0 Å². The van der Waals surface area contributed by atoms with Gasteiger partial charge in [-0.15, -0.1) is 0 Å². The quantitative estimate of drug-likeness (QED) is 0.461. The first-order valence-electron chi connectivity index (χ1n) is 8.22. The van der Waals surface area contributed by atoms with Crippen LogP contribution in [0.2, 0.25) is 0 Å². The van der Waals surface area contributed by atoms with Crippen LogP contribution >= 0.6 is 12.2 Å². The number of rotatable bonds is 1. The van der Waals surface area contributed by atoms with Gasteiger partial charge in [0.25, 0.3) is 0 Å². The molecule has 0 radical (unpaired) electrons. The molecule has 1 aliphatic rings. The molecule has 0 saturated carbocycles. The molecule has 0 fully saturated rings. The fourth-order valence-electron chi connectivity index (χ4n) is 3.76. The molecular weight excluding hydrogens is 314 g/mol. The summed E-state index contributed by atoms with van der Waals surface area (Å²) in [6.45, 7) is 3.03. The Kier molecular flexibility index (Phi) is 2.85. The largest absolute Gasteiger partial charge is 0.353 e. The molecule has 2 N–H and O–H groups in total. The summed E-state index contributed by atoms with van der Waals surface area (Å²) in [6, 6.07) is 17.1. The van der Waals surface area contributed by atoms with Crippen molar-refractivity contribution in [1.29, 1.82) is 0 Å². The zero-order valence-electron chi connectivity index (χ0n) is 13.4. The summed E-state index contributed by atoms with van der Waals surface area (Å²) < 4.78 is 3.02. The fraction of sp³-hybridized carbons (Fsp3) is 0.150. The van der Waals surface area contributed by atoms with Crippen LogP contribution in [-0.2, 0) is 13.0 Å². The van der Waals surface area contributed by atoms with Crippen LogP contribution in [0.25, 0.3) is 33.5 Å². The van der Waals surface area contributed by atoms with E-state index in [9.17, 15) is 0 Å². The number of aromatic amines is 2. The highest BCUT2D eigenvalue weighted by Crippen LogP contribution is 2.39. The third-order valence-corrected chi connectivity index (χ3v) is 5.28. The third kappa shape index (κ3) is 1.86. The molecule has 2 aromatic carbocycles. The van der Waals surface area contributed by atoms with Crippen molar-refractivity contribution in [3.05, 3.63) is 64.4 Å². The van der Waals surface area contributed by atoms with E-state index in [1.54, 1.807) is 0 Å². The van der Waals surface area contributed by atoms with Crippen LogP contribution in [0.4, 0.5) is 0 Å². The van der Waals surface area contributed by atoms with Crippen molar-refractivity contribution in [2.75, 3.05) is 0 Å². The monoisotopic (exact) mass is 331 g/mol. The van der Waals surface area contributed by atoms with Gasteiger partial charge in [-0.05, 0) is 37.2 Å². The lowest BCUT2D eigenvalue weighted by atomic mass is 9.99. The van der Waals surface area contributed by atoms with Gasteiger partial charge in [-0.1, -0.05) is 48.0 Å². The van der Waals surface area contributed by atoms with Gasteiger partial charge in [0.1, 0.15) is 0 Å². The maximum Gasteiger partial charge on any atom is 0.178 e. The first kappa shape index (κ1) is 13.8. The van der Waals surface area contributed by atoms with Crippen molar-refractivity contribution >= 4 is 23.1 Å². The van der Waals surface area contributed by atoms with Crippen LogP contribution in [0.15, 0.2) is 48.5 Å². The molecule has 0 unspecified atom stereocenters. The lowest BCUT2D eigenvalue weighted by Crippen LogP contribution is -2.10. The Balaban J connectivity index is 1.83. The molecule has 24 heavy (non-hydrogen) atoms. The van der Waals surface area contributed by atoms with Gasteiger partial charge >= 0.3 is 0 Å². The molecule has 0 spiro atoms. The van der Waals surface area contributed by atoms with Crippen molar-refractivity contribution in [3.8, 4) is 22.6 Å². The van der Waals surface area contributed by atoms with Gasteiger partial charge < -0.3 is 14.5 Å². The Bertz CT molecular complexity index is 1130. The Morgan fingerprint density at radius 2 is 1.75 bits per heavy atom. The number of hydrogen-bond donors (Lipinski definition) is 2. The average Bonchev–Trinajstić information content (AvgIpc) is 3.14. The van der Waals surface area contributed by atoms with Gasteiger partial charge in [0.05, 0.1) is 17.1 Å². The maximum atomic E-state index is 5.59. The van der Waals surface area contributed by atoms with Gasteiger partial charge in [-0.2, -0.15) is 0 Å². The summed E-state index contributed by atoms with van der Waals surface area (Å²) in [5.74, 6) is 0. The first-order valence-corrected chi connectivity index (χ1v) is 8.63. The molecule has 3 heterocycles. The van der Waals surface area contributed by atoms with Crippen LogP contribution < -0.4 is 0 Å². The number of aryl methyl sites for hydroxylation is 2. The third-order valence-electron chi connectivity index (χ3n) is 4.96. The van der Waals surface area contributed by atoms with Crippen LogP contribution in [-0.4, -0.2) is 14.5 Å². The van der Waals surface area contributed by atoms with E-state index < -0.39 is 0 Å². The van der Waals surface area contributed by atoms with Gasteiger partial charge in [0, 0.05) is 23.0 Å². The van der Waals surface area contributed by atoms with E-state index in [1.807, 2.05) is 0 Å². The molecule has 0 atom stereocenters. The van der Waals surface area contributed by atoms with Crippen molar-refractivity contribution in [2.24, 2.45) is 0 Å². The van der Waals surface area contributed by atoms with E-state index in [-0.39, 0.29) is 0 Å². The van der Waals surface area contributed by atoms with E-state index in [2.05, 4.69) is 70.0 Å². The normalized spacial score (nSPS) is 13.0. The molecule has 0 saturated heterocycles. The van der Waals surface area contributed by atoms with Crippen LogP contribution in [0, 0.1) is 11.7 Å². The molecular formula is C20H17N3S. The summed E-state index contributed by atoms with van der Waals surface area (Å²) in [7, 11) is 0. The Morgan fingerprint density at radius 3 is 2.58 bits per heavy atom. The molecule has 1 aliphatic heterocycles. The standard InChI is InChI=1S/C20H17N3S/c1-12-6-8-13(9-7-12)17-19-18-15(10-11-23(19)20(24)22-17)14-4-2-3-5-16(14)21-18/h2-9,21H,10-11H2,1H3,(H,22,24). The number of para-hydroxylation sites is 1. The number of aromatic nitrogens is 3. The molecule has 5 rings (SSSR count). The lowest BCUT2D eigenvalue weighted by molar-refractivity contribution is 0.677. The summed E-state index contributed by atoms with van der Waals surface area (Å²) in [5.41, 5.74) is 8.51. The molecule has 4 heteroatoms. The fourth-order valence-corrected chi connectivity index (χ4v) is 4.04. The van der Waals surface area contributed by atoms with Crippen LogP contribution in [0.5, 0.6) is 0 Å². The Labute approximate surface area is 145 Å². The number of H-pyrrole nitrogens is 2. The number of benzene rings is 2. The van der Waals surface area contributed by atoms with Crippen molar-refractivity contribution in [1.82, 2.24) is 14.5 Å². The average molecular weight is 331 g/mol. The van der Waals surface area contributed by atoms with E-state index in [4.69, 9.17) is 12.2 Å². The number of imidazole rings is 1. The SMILES string of the molecule is Cc1ccc(-c2[nH]c(=S)n3c2-c2[nH]c4ccccc4c2CC3)cc1. The van der Waals surface area contributed by atoms with Gasteiger partial charge in [-0.25, -0.2) is 0 Å². The number of hydrogen-bond acceptors (Lipinski definition) is 1. The first-order chi connectivity index (χ1) is 11.7. The van der Waals surface area contributed by atoms with Crippen molar-refractivity contribution < 1.29 is 0 Å². The molecule has 4 aromatic rings. The number of nitrogens with one attached hydrogen (secondary N) is 2. The van der Waals surface area contributed by atoms with Crippen molar-refractivity contribution in [2.45, 2.75) is 19.9 Å². The lowest BCUT2D eigenvalue weighted by Gasteiger charge is -2.17. The second-order valence-corrected chi connectivity index (χ2v) is 6.83. The van der Waals surface area contributed by atoms with Gasteiger partial charge in [0.15, 0.2) is 4.77 Å². The Morgan fingerprint density at radius 1 is 0.958 bits per heavy atom. The van der Waals surface area contributed by atoms with Gasteiger partial charge in [0.2, 0.25) is 0 Å². The summed E-state index contributed by atoms with van der Waals surface area (Å²) >= 11 is 5.59. The smallest absolute Gasteiger partial charge is 0.178 e. The van der Waals surface area contributed by atoms with Crippen molar-refractivity contribution in [3.63, 3.8) is 0 Å². The summed E-state index contributed by atoms with van der Waals surface area (Å²) in [4.78, 5) is 7.05. The second-order valence-electron chi connectivity index (χ2n) is 6.45. The van der Waals surface area contributed by atoms with Crippen LogP contribution in [0.1, 0.15) is 11.1 Å². The molecule has 118 valence electrons. The summed E-state index contributed by atoms with van der Waals surface area (Å²) in [6.07, 6.45) is 1.01. The van der Waals surface area contributed by atoms with E-state index in [1.165, 1.54) is 39.0 Å². The highest BCUT2D eigenvalue weighted by Gasteiger charge is 2.25. The van der Waals surface area contributed by atoms with E-state index in [0.717, 1.165) is 23.4 Å². The molecule has 3 nitrogen and oxygen atoms in total. The predicted molar refractivity (Wildman–Crippen MR) is 101 cm³/mol. The zero-order chi connectivity index (χ0) is 16.3. The Hall–Kier alpha value is -2.59. The minimum atomic E-state index is 0.796. The molecule has 0 bridgehead atoms. The number of nitrogens with zero attached hydrogens (tertiary/aromatic N) is 1. The zero-order valence-corrected chi connectivity index (χ0v) is 14.2. The van der Waals surface area contributed by atoms with E-state index in [0.29, 0.717) is 0 Å². The maximum absolute atomic E-state index is 5.59. The highest BCUT2D eigenvalue weighted by atomic mass is 32.1. The molecule has 2 aromatic heterocycles. The topological polar surface area (TPSA) is 36.5 Å². The second kappa shape index (κ2) is 4.95. The minimum absolute atomic E-state index is 0.796. The summed E-state index contributed by atoms with van der Waals surface area (Å²) in [5, 5.41) is 1.32.